The molecule has 0 N–H and O–H groups in total. The molecule has 0 unspecified atom stereocenters. The van der Waals surface area contributed by atoms with Crippen LogP contribution in [0.4, 0.5) is 5.13 Å². The Balaban J connectivity index is 1.59. The van der Waals surface area contributed by atoms with Crippen molar-refractivity contribution in [3.8, 4) is 0 Å². The van der Waals surface area contributed by atoms with Crippen molar-refractivity contribution in [2.75, 3.05) is 31.1 Å². The normalized spacial score (nSPS) is 17.1. The van der Waals surface area contributed by atoms with Gasteiger partial charge in [-0.15, -0.1) is 11.3 Å². The molecule has 2 aromatic rings. The van der Waals surface area contributed by atoms with E-state index in [2.05, 4.69) is 66.4 Å². The van der Waals surface area contributed by atoms with Crippen LogP contribution < -0.4 is 4.90 Å². The molecule has 20 heavy (non-hydrogen) atoms. The molecule has 1 aliphatic rings. The summed E-state index contributed by atoms with van der Waals surface area (Å²) >= 11 is 5.16. The highest BCUT2D eigenvalue weighted by molar-refractivity contribution is 9.10. The lowest BCUT2D eigenvalue weighted by Crippen LogP contribution is -2.30. The molecule has 0 aliphatic carbocycles. The van der Waals surface area contributed by atoms with Crippen molar-refractivity contribution >= 4 is 32.4 Å². The molecule has 0 saturated carbocycles. The van der Waals surface area contributed by atoms with Crippen molar-refractivity contribution in [3.63, 3.8) is 0 Å². The number of nitrogens with zero attached hydrogens (tertiary/aromatic N) is 3. The van der Waals surface area contributed by atoms with Crippen molar-refractivity contribution in [2.45, 2.75) is 13.0 Å². The molecular weight excluding hydrogens is 334 g/mol. The van der Waals surface area contributed by atoms with Gasteiger partial charge in [-0.2, -0.15) is 0 Å². The maximum absolute atomic E-state index is 4.53. The molecule has 0 spiro atoms. The quantitative estimate of drug-likeness (QED) is 0.841. The van der Waals surface area contributed by atoms with E-state index in [1.54, 1.807) is 11.3 Å². The second-order valence-electron chi connectivity index (χ2n) is 5.06. The monoisotopic (exact) mass is 351 g/mol. The fraction of sp³-hybridized carbons (Fsp3) is 0.400. The van der Waals surface area contributed by atoms with Crippen LogP contribution in [0.5, 0.6) is 0 Å². The first kappa shape index (κ1) is 14.0. The van der Waals surface area contributed by atoms with Gasteiger partial charge in [-0.1, -0.05) is 30.3 Å². The molecule has 2 heterocycles. The highest BCUT2D eigenvalue weighted by Gasteiger charge is 2.17. The first-order valence-electron chi connectivity index (χ1n) is 6.93. The number of rotatable bonds is 3. The first-order valence-corrected chi connectivity index (χ1v) is 8.61. The molecule has 106 valence electrons. The number of benzene rings is 1. The number of anilines is 1. The Hall–Kier alpha value is -0.910. The first-order chi connectivity index (χ1) is 9.81. The molecule has 0 atom stereocenters. The van der Waals surface area contributed by atoms with Gasteiger partial charge in [0.2, 0.25) is 0 Å². The van der Waals surface area contributed by atoms with Crippen LogP contribution >= 0.6 is 27.3 Å². The second-order valence-corrected chi connectivity index (χ2v) is 6.70. The van der Waals surface area contributed by atoms with Crippen LogP contribution in [0.1, 0.15) is 12.0 Å². The Bertz CT molecular complexity index is 543. The predicted octanol–water partition coefficient (Wildman–Crippen LogP) is 3.62. The minimum atomic E-state index is 0.947. The summed E-state index contributed by atoms with van der Waals surface area (Å²) in [6, 6.07) is 10.7. The smallest absolute Gasteiger partial charge is 0.186 e. The molecule has 1 aliphatic heterocycles. The number of thiazole rings is 1. The van der Waals surface area contributed by atoms with E-state index >= 15 is 0 Å². The molecule has 3 rings (SSSR count). The molecule has 0 amide bonds. The van der Waals surface area contributed by atoms with E-state index in [9.17, 15) is 0 Å². The topological polar surface area (TPSA) is 19.4 Å². The van der Waals surface area contributed by atoms with E-state index in [0.717, 1.165) is 42.5 Å². The van der Waals surface area contributed by atoms with Gasteiger partial charge in [-0.3, -0.25) is 4.90 Å². The summed E-state index contributed by atoms with van der Waals surface area (Å²) < 4.78 is 0.947. The van der Waals surface area contributed by atoms with Crippen LogP contribution in [-0.4, -0.2) is 36.1 Å². The number of halogens is 1. The molecule has 0 bridgehead atoms. The van der Waals surface area contributed by atoms with Crippen LogP contribution in [0.3, 0.4) is 0 Å². The lowest BCUT2D eigenvalue weighted by molar-refractivity contribution is 0.285. The van der Waals surface area contributed by atoms with Gasteiger partial charge in [0.05, 0.1) is 0 Å². The fourth-order valence-corrected chi connectivity index (χ4v) is 3.86. The summed E-state index contributed by atoms with van der Waals surface area (Å²) in [6.07, 6.45) is 1.20. The molecule has 3 nitrogen and oxygen atoms in total. The summed E-state index contributed by atoms with van der Waals surface area (Å²) in [5.41, 5.74) is 1.40. The molecule has 1 fully saturated rings. The van der Waals surface area contributed by atoms with Gasteiger partial charge in [-0.25, -0.2) is 4.98 Å². The van der Waals surface area contributed by atoms with Crippen molar-refractivity contribution < 1.29 is 0 Å². The fourth-order valence-electron chi connectivity index (χ4n) is 2.55. The largest absolute Gasteiger partial charge is 0.347 e. The van der Waals surface area contributed by atoms with Gasteiger partial charge in [0.1, 0.15) is 4.60 Å². The Kier molecular flexibility index (Phi) is 4.70. The summed E-state index contributed by atoms with van der Waals surface area (Å²) in [5.74, 6) is 0. The van der Waals surface area contributed by atoms with Crippen LogP contribution in [-0.2, 0) is 6.54 Å². The van der Waals surface area contributed by atoms with Gasteiger partial charge >= 0.3 is 0 Å². The third-order valence-electron chi connectivity index (χ3n) is 3.57. The lowest BCUT2D eigenvalue weighted by atomic mass is 10.2. The SMILES string of the molecule is Brc1csc(N2CCCN(Cc3ccccc3)CC2)n1. The highest BCUT2D eigenvalue weighted by Crippen LogP contribution is 2.24. The van der Waals surface area contributed by atoms with Gasteiger partial charge in [0, 0.05) is 38.1 Å². The highest BCUT2D eigenvalue weighted by atomic mass is 79.9. The maximum atomic E-state index is 4.53. The van der Waals surface area contributed by atoms with E-state index in [-0.39, 0.29) is 0 Å². The molecule has 1 saturated heterocycles. The Labute approximate surface area is 132 Å². The van der Waals surface area contributed by atoms with E-state index in [1.807, 2.05) is 0 Å². The van der Waals surface area contributed by atoms with Crippen molar-refractivity contribution in [3.05, 3.63) is 45.9 Å². The molecular formula is C15H18BrN3S. The summed E-state index contributed by atoms with van der Waals surface area (Å²) in [6.45, 7) is 5.48. The molecule has 0 radical (unpaired) electrons. The number of hydrogen-bond acceptors (Lipinski definition) is 4. The predicted molar refractivity (Wildman–Crippen MR) is 88.4 cm³/mol. The number of hydrogen-bond donors (Lipinski definition) is 0. The number of aromatic nitrogens is 1. The van der Waals surface area contributed by atoms with Gasteiger partial charge in [0.25, 0.3) is 0 Å². The Morgan fingerprint density at radius 3 is 2.70 bits per heavy atom. The summed E-state index contributed by atoms with van der Waals surface area (Å²) in [4.78, 5) is 9.47. The van der Waals surface area contributed by atoms with Crippen LogP contribution in [0.25, 0.3) is 0 Å². The Morgan fingerprint density at radius 1 is 1.10 bits per heavy atom. The lowest BCUT2D eigenvalue weighted by Gasteiger charge is -2.21. The van der Waals surface area contributed by atoms with E-state index in [4.69, 9.17) is 0 Å². The zero-order chi connectivity index (χ0) is 13.8. The summed E-state index contributed by atoms with van der Waals surface area (Å²) in [7, 11) is 0. The Morgan fingerprint density at radius 2 is 1.95 bits per heavy atom. The van der Waals surface area contributed by atoms with Gasteiger partial charge in [-0.05, 0) is 27.9 Å². The average molecular weight is 352 g/mol. The third kappa shape index (κ3) is 3.59. The minimum absolute atomic E-state index is 0.947. The van der Waals surface area contributed by atoms with Crippen LogP contribution in [0, 0.1) is 0 Å². The van der Waals surface area contributed by atoms with Crippen molar-refractivity contribution in [1.82, 2.24) is 9.88 Å². The van der Waals surface area contributed by atoms with E-state index < -0.39 is 0 Å². The zero-order valence-corrected chi connectivity index (χ0v) is 13.7. The molecule has 1 aromatic carbocycles. The second kappa shape index (κ2) is 6.70. The van der Waals surface area contributed by atoms with E-state index in [1.165, 1.54) is 12.0 Å². The molecule has 5 heteroatoms. The van der Waals surface area contributed by atoms with Crippen LogP contribution in [0.2, 0.25) is 0 Å². The summed E-state index contributed by atoms with van der Waals surface area (Å²) in [5, 5.41) is 3.19. The third-order valence-corrected chi connectivity index (χ3v) is 5.18. The molecule has 1 aromatic heterocycles. The van der Waals surface area contributed by atoms with Crippen LogP contribution in [0.15, 0.2) is 40.3 Å². The average Bonchev–Trinajstić information content (AvgIpc) is 2.76. The maximum Gasteiger partial charge on any atom is 0.186 e. The van der Waals surface area contributed by atoms with Crippen molar-refractivity contribution in [1.29, 1.82) is 0 Å². The standard InChI is InChI=1S/C15H18BrN3S/c16-14-12-20-15(17-14)19-8-4-7-18(9-10-19)11-13-5-2-1-3-6-13/h1-3,5-6,12H,4,7-11H2. The van der Waals surface area contributed by atoms with Gasteiger partial charge in [0.15, 0.2) is 5.13 Å². The minimum Gasteiger partial charge on any atom is -0.347 e. The zero-order valence-electron chi connectivity index (χ0n) is 11.3. The van der Waals surface area contributed by atoms with E-state index in [0.29, 0.717) is 0 Å². The van der Waals surface area contributed by atoms with Crippen molar-refractivity contribution in [2.24, 2.45) is 0 Å². The van der Waals surface area contributed by atoms with Gasteiger partial charge < -0.3 is 4.90 Å².